The fourth-order valence-electron chi connectivity index (χ4n) is 2.84. The maximum atomic E-state index is 12.6. The molecule has 3 heterocycles. The second-order valence-corrected chi connectivity index (χ2v) is 6.38. The lowest BCUT2D eigenvalue weighted by Crippen LogP contribution is -2.36. The monoisotopic (exact) mass is 406 g/mol. The van der Waals surface area contributed by atoms with Crippen molar-refractivity contribution in [2.45, 2.75) is 6.92 Å². The van der Waals surface area contributed by atoms with Crippen LogP contribution in [0.5, 0.6) is 0 Å². The molecule has 3 aromatic rings. The second-order valence-electron chi connectivity index (χ2n) is 6.38. The van der Waals surface area contributed by atoms with Gasteiger partial charge in [0.1, 0.15) is 11.3 Å². The van der Waals surface area contributed by atoms with E-state index < -0.39 is 5.97 Å². The Morgan fingerprint density at radius 2 is 2.07 bits per heavy atom. The van der Waals surface area contributed by atoms with Gasteiger partial charge in [-0.25, -0.2) is 14.8 Å². The van der Waals surface area contributed by atoms with Gasteiger partial charge in [-0.2, -0.15) is 4.98 Å². The fourth-order valence-corrected chi connectivity index (χ4v) is 2.84. The second kappa shape index (κ2) is 8.03. The van der Waals surface area contributed by atoms with Crippen LogP contribution in [-0.4, -0.2) is 41.5 Å². The molecule has 0 spiro atoms. The third-order valence-electron chi connectivity index (χ3n) is 4.37. The third-order valence-corrected chi connectivity index (χ3v) is 4.37. The Hall–Kier alpha value is -4.21. The summed E-state index contributed by atoms with van der Waals surface area (Å²) in [5.74, 6) is -0.231. The first-order valence-electron chi connectivity index (χ1n) is 9.03. The summed E-state index contributed by atoms with van der Waals surface area (Å²) >= 11 is 0. The van der Waals surface area contributed by atoms with Crippen molar-refractivity contribution in [2.24, 2.45) is 4.99 Å². The van der Waals surface area contributed by atoms with Gasteiger partial charge < -0.3 is 19.8 Å². The number of amides is 1. The highest BCUT2D eigenvalue weighted by molar-refractivity contribution is 6.06. The van der Waals surface area contributed by atoms with Gasteiger partial charge in [-0.05, 0) is 31.2 Å². The van der Waals surface area contributed by atoms with Crippen LogP contribution in [0, 0.1) is 0 Å². The van der Waals surface area contributed by atoms with Gasteiger partial charge >= 0.3 is 12.0 Å². The standard InChI is InChI=1S/C20H18N6O4/c1-11-13(17(27)25-16-9-12(7-8-21-16)18(28)29-2)10-22-19(23-11)26-20-24-14-5-3-4-6-15(14)30-20/h3-9H,10H2,1-2H3,(H,21,25,27)(H2,22,23,24,26). The number of rotatable bonds is 4. The maximum Gasteiger partial charge on any atom is 0.338 e. The number of anilines is 2. The van der Waals surface area contributed by atoms with Crippen LogP contribution in [0.3, 0.4) is 0 Å². The zero-order valence-electron chi connectivity index (χ0n) is 16.2. The van der Waals surface area contributed by atoms with Crippen molar-refractivity contribution in [2.75, 3.05) is 24.3 Å². The molecule has 10 nitrogen and oxygen atoms in total. The number of hydrogen-bond acceptors (Lipinski definition) is 9. The molecule has 4 rings (SSSR count). The summed E-state index contributed by atoms with van der Waals surface area (Å²) in [7, 11) is 1.29. The van der Waals surface area contributed by atoms with Gasteiger partial charge in [-0.3, -0.25) is 10.1 Å². The number of hydrogen-bond donors (Lipinski definition) is 3. The van der Waals surface area contributed by atoms with Crippen LogP contribution in [0.15, 0.2) is 63.3 Å². The van der Waals surface area contributed by atoms with Gasteiger partial charge in [0.2, 0.25) is 5.96 Å². The Morgan fingerprint density at radius 3 is 2.83 bits per heavy atom. The number of aromatic nitrogens is 2. The van der Waals surface area contributed by atoms with E-state index in [1.165, 1.54) is 25.4 Å². The van der Waals surface area contributed by atoms with E-state index in [-0.39, 0.29) is 23.8 Å². The quantitative estimate of drug-likeness (QED) is 0.563. The predicted octanol–water partition coefficient (Wildman–Crippen LogP) is 2.29. The first-order chi connectivity index (χ1) is 14.5. The summed E-state index contributed by atoms with van der Waals surface area (Å²) < 4.78 is 10.3. The first kappa shape index (κ1) is 19.1. The maximum absolute atomic E-state index is 12.6. The van der Waals surface area contributed by atoms with Crippen LogP contribution < -0.4 is 16.0 Å². The molecular formula is C20H18N6O4. The van der Waals surface area contributed by atoms with Crippen molar-refractivity contribution in [3.63, 3.8) is 0 Å². The number of methoxy groups -OCH3 is 1. The summed E-state index contributed by atoms with van der Waals surface area (Å²) in [6.07, 6.45) is 1.42. The number of esters is 1. The Morgan fingerprint density at radius 1 is 1.23 bits per heavy atom. The van der Waals surface area contributed by atoms with E-state index in [2.05, 4.69) is 35.6 Å². The van der Waals surface area contributed by atoms with Crippen molar-refractivity contribution in [3.8, 4) is 0 Å². The third kappa shape index (κ3) is 3.97. The van der Waals surface area contributed by atoms with E-state index in [0.29, 0.717) is 28.8 Å². The molecule has 0 radical (unpaired) electrons. The molecule has 10 heteroatoms. The number of para-hydroxylation sites is 2. The number of aliphatic imine (C=N–C) groups is 1. The molecule has 0 unspecified atom stereocenters. The Labute approximate surface area is 171 Å². The topological polar surface area (TPSA) is 131 Å². The largest absolute Gasteiger partial charge is 0.465 e. The van der Waals surface area contributed by atoms with Gasteiger partial charge in [0, 0.05) is 11.9 Å². The number of pyridine rings is 1. The minimum atomic E-state index is -0.512. The van der Waals surface area contributed by atoms with E-state index in [4.69, 9.17) is 4.42 Å². The molecule has 3 N–H and O–H groups in total. The highest BCUT2D eigenvalue weighted by atomic mass is 16.5. The average Bonchev–Trinajstić information content (AvgIpc) is 3.15. The van der Waals surface area contributed by atoms with Gasteiger partial charge in [-0.1, -0.05) is 12.1 Å². The Balaban J connectivity index is 1.42. The lowest BCUT2D eigenvalue weighted by Gasteiger charge is -2.19. The molecular weight excluding hydrogens is 388 g/mol. The lowest BCUT2D eigenvalue weighted by atomic mass is 10.1. The van der Waals surface area contributed by atoms with Crippen molar-refractivity contribution < 1.29 is 18.7 Å². The molecule has 0 saturated heterocycles. The number of allylic oxidation sites excluding steroid dienone is 1. The average molecular weight is 406 g/mol. The summed E-state index contributed by atoms with van der Waals surface area (Å²) in [6.45, 7) is 1.90. The number of guanidine groups is 1. The smallest absolute Gasteiger partial charge is 0.338 e. The molecule has 0 fully saturated rings. The van der Waals surface area contributed by atoms with Crippen molar-refractivity contribution >= 4 is 40.8 Å². The van der Waals surface area contributed by atoms with Crippen LogP contribution in [0.4, 0.5) is 11.8 Å². The van der Waals surface area contributed by atoms with Crippen LogP contribution in [0.25, 0.3) is 11.1 Å². The molecule has 0 bridgehead atoms. The predicted molar refractivity (Wildman–Crippen MR) is 110 cm³/mol. The van der Waals surface area contributed by atoms with Gasteiger partial charge in [0.25, 0.3) is 5.91 Å². The molecule has 0 saturated carbocycles. The minimum Gasteiger partial charge on any atom is -0.465 e. The highest BCUT2D eigenvalue weighted by Gasteiger charge is 2.20. The summed E-state index contributed by atoms with van der Waals surface area (Å²) in [5, 5.41) is 8.66. The molecule has 0 atom stereocenters. The first-order valence-corrected chi connectivity index (χ1v) is 9.03. The number of ether oxygens (including phenoxy) is 1. The lowest BCUT2D eigenvalue weighted by molar-refractivity contribution is -0.113. The summed E-state index contributed by atoms with van der Waals surface area (Å²) in [5.41, 5.74) is 2.72. The van der Waals surface area contributed by atoms with Gasteiger partial charge in [0.05, 0.1) is 24.8 Å². The van der Waals surface area contributed by atoms with Crippen molar-refractivity contribution in [3.05, 3.63) is 59.4 Å². The summed E-state index contributed by atoms with van der Waals surface area (Å²) in [6, 6.07) is 10.6. The van der Waals surface area contributed by atoms with E-state index >= 15 is 0 Å². The molecule has 1 aliphatic heterocycles. The van der Waals surface area contributed by atoms with Crippen LogP contribution in [-0.2, 0) is 9.53 Å². The zero-order valence-corrected chi connectivity index (χ0v) is 16.2. The number of oxazole rings is 1. The van der Waals surface area contributed by atoms with Crippen molar-refractivity contribution in [1.29, 1.82) is 0 Å². The SMILES string of the molecule is COC(=O)c1ccnc(NC(=O)C2=C(C)NC(Nc3nc4ccccc4o3)=NC2)c1. The van der Waals surface area contributed by atoms with Crippen molar-refractivity contribution in [1.82, 2.24) is 15.3 Å². The van der Waals surface area contributed by atoms with E-state index in [9.17, 15) is 9.59 Å². The number of benzene rings is 1. The Bertz CT molecular complexity index is 1160. The Kier molecular flexibility index (Phi) is 5.12. The molecule has 1 amide bonds. The summed E-state index contributed by atoms with van der Waals surface area (Å²) in [4.78, 5) is 37.0. The van der Waals surface area contributed by atoms with Crippen LogP contribution in [0.1, 0.15) is 17.3 Å². The van der Waals surface area contributed by atoms with Crippen LogP contribution >= 0.6 is 0 Å². The molecule has 1 aliphatic rings. The molecule has 1 aromatic carbocycles. The minimum absolute atomic E-state index is 0.143. The number of carbonyl (C=O) groups excluding carboxylic acids is 2. The normalized spacial score (nSPS) is 13.5. The van der Waals surface area contributed by atoms with E-state index in [1.54, 1.807) is 6.92 Å². The number of nitrogens with one attached hydrogen (secondary N) is 3. The molecule has 152 valence electrons. The number of nitrogens with zero attached hydrogens (tertiary/aromatic N) is 3. The van der Waals surface area contributed by atoms with E-state index in [1.807, 2.05) is 24.3 Å². The molecule has 0 aliphatic carbocycles. The van der Waals surface area contributed by atoms with Crippen LogP contribution in [0.2, 0.25) is 0 Å². The van der Waals surface area contributed by atoms with Gasteiger partial charge in [0.15, 0.2) is 5.58 Å². The van der Waals surface area contributed by atoms with Gasteiger partial charge in [-0.15, -0.1) is 0 Å². The number of fused-ring (bicyclic) bond motifs is 1. The fraction of sp³-hybridized carbons (Fsp3) is 0.150. The molecule has 30 heavy (non-hydrogen) atoms. The van der Waals surface area contributed by atoms with E-state index in [0.717, 1.165) is 5.52 Å². The zero-order chi connectivity index (χ0) is 21.1. The highest BCUT2D eigenvalue weighted by Crippen LogP contribution is 2.19. The number of carbonyl (C=O) groups is 2. The molecule has 2 aromatic heterocycles.